The first-order chi connectivity index (χ1) is 23.5. The fourth-order valence-corrected chi connectivity index (χ4v) is 9.76. The van der Waals surface area contributed by atoms with E-state index in [1.54, 1.807) is 7.11 Å². The summed E-state index contributed by atoms with van der Waals surface area (Å²) in [5, 5.41) is 5.77. The molecule has 48 heavy (non-hydrogen) atoms. The van der Waals surface area contributed by atoms with Gasteiger partial charge in [0.25, 0.3) is 5.91 Å². The van der Waals surface area contributed by atoms with Gasteiger partial charge in [0.1, 0.15) is 5.75 Å². The molecule has 4 aromatic rings. The maximum absolute atomic E-state index is 13.9. The van der Waals surface area contributed by atoms with E-state index in [1.165, 1.54) is 60.6 Å². The fourth-order valence-electron chi connectivity index (χ4n) is 9.76. The molecule has 0 spiro atoms. The van der Waals surface area contributed by atoms with Crippen molar-refractivity contribution in [1.82, 2.24) is 10.2 Å². The monoisotopic (exact) mass is 644 g/mol. The molecule has 250 valence electrons. The minimum Gasteiger partial charge on any atom is -0.467 e. The Bertz CT molecular complexity index is 1740. The molecule has 1 aliphatic heterocycles. The summed E-state index contributed by atoms with van der Waals surface area (Å²) >= 11 is 0. The van der Waals surface area contributed by atoms with Crippen molar-refractivity contribution in [3.05, 3.63) is 101 Å². The van der Waals surface area contributed by atoms with Crippen LogP contribution in [0.25, 0.3) is 21.9 Å². The Kier molecular flexibility index (Phi) is 8.74. The van der Waals surface area contributed by atoms with Crippen molar-refractivity contribution in [2.45, 2.75) is 63.6 Å². The van der Waals surface area contributed by atoms with E-state index >= 15 is 0 Å². The van der Waals surface area contributed by atoms with Crippen LogP contribution in [0.5, 0.6) is 5.75 Å². The molecule has 4 bridgehead atoms. The highest BCUT2D eigenvalue weighted by molar-refractivity contribution is 6.00. The highest BCUT2D eigenvalue weighted by Gasteiger charge is 2.52. The number of benzene rings is 4. The number of nitrogens with zero attached hydrogens (tertiary/aromatic N) is 1. The van der Waals surface area contributed by atoms with Gasteiger partial charge in [-0.05, 0) is 126 Å². The van der Waals surface area contributed by atoms with Crippen LogP contribution in [0.1, 0.15) is 72.5 Å². The minimum absolute atomic E-state index is 0.128. The molecule has 0 aromatic heterocycles. The van der Waals surface area contributed by atoms with Crippen LogP contribution in [0.2, 0.25) is 0 Å². The quantitative estimate of drug-likeness (QED) is 0.178. The molecule has 6 nitrogen and oxygen atoms in total. The first-order valence-electron chi connectivity index (χ1n) is 18.0. The number of hydrogen-bond donors (Lipinski definition) is 1. The van der Waals surface area contributed by atoms with Gasteiger partial charge in [-0.1, -0.05) is 60.7 Å². The van der Waals surface area contributed by atoms with Gasteiger partial charge in [0, 0.05) is 44.4 Å². The van der Waals surface area contributed by atoms with E-state index in [-0.39, 0.29) is 24.4 Å². The molecular formula is C42H48N2O4. The number of rotatable bonds is 10. The number of carbonyl (C=O) groups excluding carboxylic acids is 1. The summed E-state index contributed by atoms with van der Waals surface area (Å²) < 4.78 is 17.7. The van der Waals surface area contributed by atoms with Gasteiger partial charge in [-0.3, -0.25) is 4.79 Å². The van der Waals surface area contributed by atoms with Crippen LogP contribution < -0.4 is 10.1 Å². The van der Waals surface area contributed by atoms with E-state index in [2.05, 4.69) is 78.1 Å². The van der Waals surface area contributed by atoms with E-state index in [0.717, 1.165) is 71.8 Å². The molecule has 1 unspecified atom stereocenters. The maximum atomic E-state index is 13.9. The number of piperazine rings is 1. The number of hydrogen-bond acceptors (Lipinski definition) is 5. The zero-order chi connectivity index (χ0) is 32.7. The Morgan fingerprint density at radius 3 is 2.33 bits per heavy atom. The fraction of sp³-hybridized carbons (Fsp3) is 0.452. The van der Waals surface area contributed by atoms with E-state index in [9.17, 15) is 4.79 Å². The van der Waals surface area contributed by atoms with Crippen molar-refractivity contribution in [2.24, 2.45) is 17.8 Å². The Balaban J connectivity index is 1.22. The number of nitrogens with one attached hydrogen (secondary N) is 1. The summed E-state index contributed by atoms with van der Waals surface area (Å²) in [4.78, 5) is 15.9. The van der Waals surface area contributed by atoms with E-state index in [1.807, 2.05) is 17.9 Å². The summed E-state index contributed by atoms with van der Waals surface area (Å²) in [5.74, 6) is 3.54. The molecule has 4 aliphatic carbocycles. The zero-order valence-electron chi connectivity index (χ0n) is 28.4. The van der Waals surface area contributed by atoms with Gasteiger partial charge in [0.05, 0.1) is 0 Å². The molecule has 5 aliphatic rings. The molecule has 1 saturated heterocycles. The van der Waals surface area contributed by atoms with Crippen LogP contribution in [0.4, 0.5) is 0 Å². The molecular weight excluding hydrogens is 596 g/mol. The molecule has 1 heterocycles. The van der Waals surface area contributed by atoms with Gasteiger partial charge >= 0.3 is 0 Å². The van der Waals surface area contributed by atoms with Crippen LogP contribution in [-0.4, -0.2) is 57.2 Å². The van der Waals surface area contributed by atoms with Crippen molar-refractivity contribution < 1.29 is 19.0 Å². The molecule has 4 aromatic carbocycles. The van der Waals surface area contributed by atoms with Gasteiger partial charge in [-0.25, -0.2) is 0 Å². The third-order valence-corrected chi connectivity index (χ3v) is 11.7. The van der Waals surface area contributed by atoms with Crippen LogP contribution in [0.3, 0.4) is 0 Å². The summed E-state index contributed by atoms with van der Waals surface area (Å²) in [6, 6.07) is 28.3. The molecule has 6 heteroatoms. The smallest absolute Gasteiger partial charge is 0.254 e. The van der Waals surface area contributed by atoms with Crippen molar-refractivity contribution in [3.63, 3.8) is 0 Å². The number of amides is 1. The molecule has 9 rings (SSSR count). The average molecular weight is 645 g/mol. The average Bonchev–Trinajstić information content (AvgIpc) is 3.11. The highest BCUT2D eigenvalue weighted by Crippen LogP contribution is 2.62. The number of methoxy groups -OCH3 is 1. The normalized spacial score (nSPS) is 25.4. The summed E-state index contributed by atoms with van der Waals surface area (Å²) in [6.45, 7) is 5.20. The topological polar surface area (TPSA) is 60.0 Å². The third kappa shape index (κ3) is 6.15. The Morgan fingerprint density at radius 1 is 0.896 bits per heavy atom. The second-order valence-electron chi connectivity index (χ2n) is 14.9. The number of fused-ring (bicyclic) bond motifs is 1. The highest BCUT2D eigenvalue weighted by atomic mass is 16.7. The Morgan fingerprint density at radius 2 is 1.62 bits per heavy atom. The second-order valence-corrected chi connectivity index (χ2v) is 14.9. The molecule has 4 saturated carbocycles. The Labute approximate surface area is 284 Å². The molecule has 1 N–H and O–H groups in total. The maximum Gasteiger partial charge on any atom is 0.254 e. The lowest BCUT2D eigenvalue weighted by atomic mass is 9.48. The van der Waals surface area contributed by atoms with Crippen molar-refractivity contribution in [3.8, 4) is 16.9 Å². The van der Waals surface area contributed by atoms with Crippen LogP contribution in [0.15, 0.2) is 78.9 Å². The van der Waals surface area contributed by atoms with Gasteiger partial charge < -0.3 is 24.4 Å². The standard InChI is InChI=1S/C42H48N2O4/c1-28(46-2)47-27-48-40-22-33-9-6-10-36(38(33)23-39(40)42-24-30-17-31(25-42)19-32(18-30)26-42)34-11-12-37(41(45)44-15-13-43-14-16-44)35(21-34)20-29-7-4-3-5-8-29/h3-12,21-23,28,30-32,43H,13-20,24-27H2,1-2H3. The van der Waals surface area contributed by atoms with Gasteiger partial charge in [0.2, 0.25) is 0 Å². The lowest BCUT2D eigenvalue weighted by Gasteiger charge is -2.57. The van der Waals surface area contributed by atoms with Crippen LogP contribution in [-0.2, 0) is 21.3 Å². The van der Waals surface area contributed by atoms with E-state index in [0.29, 0.717) is 6.42 Å². The summed E-state index contributed by atoms with van der Waals surface area (Å²) in [5.41, 5.74) is 6.93. The summed E-state index contributed by atoms with van der Waals surface area (Å²) in [7, 11) is 1.65. The zero-order valence-corrected chi connectivity index (χ0v) is 28.4. The summed E-state index contributed by atoms with van der Waals surface area (Å²) in [6.07, 6.45) is 8.33. The predicted molar refractivity (Wildman–Crippen MR) is 190 cm³/mol. The lowest BCUT2D eigenvalue weighted by molar-refractivity contribution is -0.150. The molecule has 0 radical (unpaired) electrons. The van der Waals surface area contributed by atoms with Crippen molar-refractivity contribution >= 4 is 16.7 Å². The van der Waals surface area contributed by atoms with Crippen LogP contribution in [0, 0.1) is 17.8 Å². The Hall–Kier alpha value is -3.71. The third-order valence-electron chi connectivity index (χ3n) is 11.7. The van der Waals surface area contributed by atoms with E-state index in [4.69, 9.17) is 14.2 Å². The second kappa shape index (κ2) is 13.3. The van der Waals surface area contributed by atoms with Gasteiger partial charge in [0.15, 0.2) is 13.1 Å². The first kappa shape index (κ1) is 31.6. The predicted octanol–water partition coefficient (Wildman–Crippen LogP) is 7.96. The molecule has 1 atom stereocenters. The van der Waals surface area contributed by atoms with Crippen LogP contribution >= 0.6 is 0 Å². The first-order valence-corrected chi connectivity index (χ1v) is 18.0. The number of ether oxygens (including phenoxy) is 3. The number of carbonyl (C=O) groups is 1. The van der Waals surface area contributed by atoms with Crippen molar-refractivity contribution in [2.75, 3.05) is 40.1 Å². The largest absolute Gasteiger partial charge is 0.467 e. The van der Waals surface area contributed by atoms with Crippen molar-refractivity contribution in [1.29, 1.82) is 0 Å². The van der Waals surface area contributed by atoms with Gasteiger partial charge in [-0.2, -0.15) is 0 Å². The van der Waals surface area contributed by atoms with E-state index < -0.39 is 0 Å². The minimum atomic E-state index is -0.327. The lowest BCUT2D eigenvalue weighted by Crippen LogP contribution is -2.48. The SMILES string of the molecule is COC(C)OCOc1cc2cccc(-c3ccc(C(=O)N4CCNCC4)c(Cc4ccccc4)c3)c2cc1C12CC3CC(CC(C3)C1)C2. The molecule has 5 fully saturated rings. The molecule has 1 amide bonds. The van der Waals surface area contributed by atoms with Gasteiger partial charge in [-0.15, -0.1) is 0 Å².